The predicted octanol–water partition coefficient (Wildman–Crippen LogP) is 2.73. The van der Waals surface area contributed by atoms with Crippen LogP contribution >= 0.6 is 0 Å². The number of ether oxygens (including phenoxy) is 1. The third-order valence-corrected chi connectivity index (χ3v) is 5.54. The Morgan fingerprint density at radius 2 is 1.79 bits per heavy atom. The average molecular weight is 415 g/mol. The fraction of sp³-hybridized carbons (Fsp3) is 0.143. The van der Waals surface area contributed by atoms with Crippen molar-refractivity contribution < 1.29 is 27.1 Å². The van der Waals surface area contributed by atoms with Crippen LogP contribution in [-0.2, 0) is 24.2 Å². The van der Waals surface area contributed by atoms with Gasteiger partial charge in [0.15, 0.2) is 16.4 Å². The zero-order valence-corrected chi connectivity index (χ0v) is 16.1. The van der Waals surface area contributed by atoms with Gasteiger partial charge in [-0.1, -0.05) is 30.3 Å². The van der Waals surface area contributed by atoms with Gasteiger partial charge in [-0.15, -0.1) is 0 Å². The molecule has 29 heavy (non-hydrogen) atoms. The summed E-state index contributed by atoms with van der Waals surface area (Å²) in [4.78, 5) is 25.9. The molecule has 8 heteroatoms. The lowest BCUT2D eigenvalue weighted by Gasteiger charge is -2.27. The Morgan fingerprint density at radius 3 is 2.41 bits per heavy atom. The minimum Gasteiger partial charge on any atom is -0.452 e. The highest BCUT2D eigenvalue weighted by Crippen LogP contribution is 2.22. The van der Waals surface area contributed by atoms with Crippen molar-refractivity contribution in [3.05, 3.63) is 83.5 Å². The highest BCUT2D eigenvalue weighted by atomic mass is 32.2. The number of sulfone groups is 1. The van der Waals surface area contributed by atoms with Gasteiger partial charge in [0.2, 0.25) is 0 Å². The van der Waals surface area contributed by atoms with Gasteiger partial charge in [0.1, 0.15) is 5.82 Å². The van der Waals surface area contributed by atoms with Crippen LogP contribution in [0.2, 0.25) is 0 Å². The Bertz CT molecular complexity index is 1050. The van der Waals surface area contributed by atoms with Crippen molar-refractivity contribution >= 4 is 33.5 Å². The second kappa shape index (κ2) is 8.83. The molecule has 1 aliphatic heterocycles. The molecule has 3 rings (SSSR count). The van der Waals surface area contributed by atoms with Crippen molar-refractivity contribution in [3.63, 3.8) is 0 Å². The number of carbonyl (C=O) groups excluding carboxylic acids is 2. The highest BCUT2D eigenvalue weighted by Gasteiger charge is 2.31. The first-order valence-electron chi connectivity index (χ1n) is 8.72. The molecule has 0 aliphatic carbocycles. The maximum Gasteiger partial charge on any atom is 0.331 e. The van der Waals surface area contributed by atoms with Crippen LogP contribution in [0.15, 0.2) is 72.2 Å². The van der Waals surface area contributed by atoms with Gasteiger partial charge < -0.3 is 9.64 Å². The van der Waals surface area contributed by atoms with E-state index >= 15 is 0 Å². The van der Waals surface area contributed by atoms with Crippen LogP contribution in [0.5, 0.6) is 0 Å². The highest BCUT2D eigenvalue weighted by molar-refractivity contribution is 7.94. The van der Waals surface area contributed by atoms with Gasteiger partial charge in [0.25, 0.3) is 5.91 Å². The van der Waals surface area contributed by atoms with Gasteiger partial charge in [-0.2, -0.15) is 0 Å². The molecule has 150 valence electrons. The Kier molecular flexibility index (Phi) is 6.23. The minimum atomic E-state index is -3.38. The van der Waals surface area contributed by atoms with Gasteiger partial charge >= 0.3 is 5.97 Å². The van der Waals surface area contributed by atoms with Crippen molar-refractivity contribution in [1.29, 1.82) is 0 Å². The number of anilines is 1. The second-order valence-electron chi connectivity index (χ2n) is 6.32. The van der Waals surface area contributed by atoms with Gasteiger partial charge in [-0.3, -0.25) is 4.79 Å². The Morgan fingerprint density at radius 1 is 1.10 bits per heavy atom. The Hall–Kier alpha value is -3.26. The standard InChI is InChI=1S/C21H18FNO5S/c22-17-9-6-16(7-10-17)8-11-21(25)28-14-20(24)23(18-4-2-1-3-5-18)19-12-13-29(26,27)15-19/h1-13,19H,14-15H2/b11-8+/t19-/m0/s1. The molecule has 1 heterocycles. The van der Waals surface area contributed by atoms with Gasteiger partial charge in [-0.05, 0) is 42.0 Å². The van der Waals surface area contributed by atoms with Gasteiger partial charge in [0, 0.05) is 17.2 Å². The number of benzene rings is 2. The molecule has 1 amide bonds. The molecule has 0 bridgehead atoms. The van der Waals surface area contributed by atoms with Crippen LogP contribution in [0.4, 0.5) is 10.1 Å². The van der Waals surface area contributed by atoms with E-state index in [-0.39, 0.29) is 11.6 Å². The number of esters is 1. The molecular weight excluding hydrogens is 397 g/mol. The number of hydrogen-bond donors (Lipinski definition) is 0. The molecule has 0 radical (unpaired) electrons. The van der Waals surface area contributed by atoms with E-state index in [9.17, 15) is 22.4 Å². The third kappa shape index (κ3) is 5.61. The number of carbonyl (C=O) groups is 2. The maximum atomic E-state index is 12.9. The lowest BCUT2D eigenvalue weighted by Crippen LogP contribution is -2.43. The first-order valence-corrected chi connectivity index (χ1v) is 10.4. The van der Waals surface area contributed by atoms with Gasteiger partial charge in [-0.25, -0.2) is 17.6 Å². The van der Waals surface area contributed by atoms with Crippen molar-refractivity contribution in [2.75, 3.05) is 17.3 Å². The quantitative estimate of drug-likeness (QED) is 0.535. The first kappa shape index (κ1) is 20.5. The van der Waals surface area contributed by atoms with Crippen LogP contribution < -0.4 is 4.90 Å². The van der Waals surface area contributed by atoms with E-state index in [0.29, 0.717) is 11.3 Å². The third-order valence-electron chi connectivity index (χ3n) is 4.17. The summed E-state index contributed by atoms with van der Waals surface area (Å²) < 4.78 is 41.4. The zero-order valence-electron chi connectivity index (χ0n) is 15.3. The largest absolute Gasteiger partial charge is 0.452 e. The Balaban J connectivity index is 1.66. The average Bonchev–Trinajstić information content (AvgIpc) is 3.06. The zero-order chi connectivity index (χ0) is 20.9. The first-order chi connectivity index (χ1) is 13.8. The van der Waals surface area contributed by atoms with E-state index in [1.807, 2.05) is 0 Å². The molecule has 0 aromatic heterocycles. The summed E-state index contributed by atoms with van der Waals surface area (Å²) in [6.45, 7) is -0.550. The number of para-hydroxylation sites is 1. The SMILES string of the molecule is O=C(/C=C/c1ccc(F)cc1)OCC(=O)N(c1ccccc1)[C@H]1C=CS(=O)(=O)C1. The number of hydrogen-bond acceptors (Lipinski definition) is 5. The van der Waals surface area contributed by atoms with E-state index in [0.717, 1.165) is 11.5 Å². The van der Waals surface area contributed by atoms with Crippen molar-refractivity contribution in [2.24, 2.45) is 0 Å². The van der Waals surface area contributed by atoms with E-state index in [1.165, 1.54) is 41.3 Å². The summed E-state index contributed by atoms with van der Waals surface area (Å²) in [7, 11) is -3.38. The smallest absolute Gasteiger partial charge is 0.331 e. The van der Waals surface area contributed by atoms with Crippen LogP contribution in [0.1, 0.15) is 5.56 Å². The van der Waals surface area contributed by atoms with E-state index < -0.39 is 34.4 Å². The summed E-state index contributed by atoms with van der Waals surface area (Å²) in [6, 6.07) is 13.4. The summed E-state index contributed by atoms with van der Waals surface area (Å²) in [6.07, 6.45) is 4.01. The topological polar surface area (TPSA) is 80.8 Å². The number of rotatable bonds is 6. The molecule has 0 N–H and O–H groups in total. The molecule has 1 aliphatic rings. The lowest BCUT2D eigenvalue weighted by atomic mass is 10.2. The lowest BCUT2D eigenvalue weighted by molar-refractivity contribution is -0.143. The van der Waals surface area contributed by atoms with E-state index in [4.69, 9.17) is 4.74 Å². The summed E-state index contributed by atoms with van der Waals surface area (Å²) in [5.41, 5.74) is 1.10. The number of halogens is 1. The molecule has 1 atom stereocenters. The van der Waals surface area contributed by atoms with Crippen molar-refractivity contribution in [3.8, 4) is 0 Å². The van der Waals surface area contributed by atoms with Gasteiger partial charge in [0.05, 0.1) is 11.8 Å². The number of amides is 1. The molecule has 2 aromatic carbocycles. The molecule has 6 nitrogen and oxygen atoms in total. The molecule has 2 aromatic rings. The summed E-state index contributed by atoms with van der Waals surface area (Å²) in [5.74, 6) is -1.91. The molecule has 0 spiro atoms. The van der Waals surface area contributed by atoms with Crippen molar-refractivity contribution in [1.82, 2.24) is 0 Å². The predicted molar refractivity (Wildman–Crippen MR) is 107 cm³/mol. The van der Waals surface area contributed by atoms with Crippen molar-refractivity contribution in [2.45, 2.75) is 6.04 Å². The monoisotopic (exact) mass is 415 g/mol. The Labute approximate surface area is 167 Å². The van der Waals surface area contributed by atoms with Crippen LogP contribution in [0, 0.1) is 5.82 Å². The van der Waals surface area contributed by atoms with Crippen LogP contribution in [-0.4, -0.2) is 38.7 Å². The molecule has 0 saturated heterocycles. The van der Waals surface area contributed by atoms with Crippen LogP contribution in [0.25, 0.3) is 6.08 Å². The second-order valence-corrected chi connectivity index (χ2v) is 8.25. The summed E-state index contributed by atoms with van der Waals surface area (Å²) >= 11 is 0. The fourth-order valence-corrected chi connectivity index (χ4v) is 4.09. The van der Waals surface area contributed by atoms with E-state index in [1.54, 1.807) is 30.3 Å². The molecule has 0 fully saturated rings. The molecular formula is C21H18FNO5S. The normalized spacial score (nSPS) is 17.3. The fourth-order valence-electron chi connectivity index (χ4n) is 2.82. The van der Waals surface area contributed by atoms with Crippen LogP contribution in [0.3, 0.4) is 0 Å². The number of nitrogens with zero attached hydrogens (tertiary/aromatic N) is 1. The summed E-state index contributed by atoms with van der Waals surface area (Å²) in [5, 5.41) is 1.08. The molecule has 0 unspecified atom stereocenters. The minimum absolute atomic E-state index is 0.230. The van der Waals surface area contributed by atoms with E-state index in [2.05, 4.69) is 0 Å². The maximum absolute atomic E-state index is 12.9. The molecule has 0 saturated carbocycles.